The number of aliphatic carboxylic acids is 1. The number of carboxylic acids is 1. The lowest BCUT2D eigenvalue weighted by molar-refractivity contribution is -0.142. The van der Waals surface area contributed by atoms with Gasteiger partial charge in [-0.05, 0) is 30.5 Å². The zero-order valence-electron chi connectivity index (χ0n) is 11.6. The molecule has 0 heterocycles. The smallest absolute Gasteiger partial charge is 0.308 e. The molecule has 0 aliphatic rings. The summed E-state index contributed by atoms with van der Waals surface area (Å²) in [6.07, 6.45) is 0. The molecule has 0 saturated carbocycles. The third-order valence-corrected chi connectivity index (χ3v) is 4.90. The normalized spacial score (nSPS) is 13.4. The van der Waals surface area contributed by atoms with Gasteiger partial charge in [-0.2, -0.15) is 0 Å². The van der Waals surface area contributed by atoms with Crippen molar-refractivity contribution in [2.75, 3.05) is 6.54 Å². The lowest BCUT2D eigenvalue weighted by atomic mass is 9.97. The first-order valence-corrected chi connectivity index (χ1v) is 8.00. The van der Waals surface area contributed by atoms with E-state index in [1.54, 1.807) is 32.9 Å². The molecule has 1 unspecified atom stereocenters. The summed E-state index contributed by atoms with van der Waals surface area (Å²) in [4.78, 5) is 11.0. The molecular formula is C13H18ClNO4S. The molecular weight excluding hydrogens is 302 g/mol. The number of rotatable bonds is 6. The topological polar surface area (TPSA) is 83.5 Å². The summed E-state index contributed by atoms with van der Waals surface area (Å²) in [7, 11) is -3.82. The lowest BCUT2D eigenvalue weighted by Gasteiger charge is -2.17. The standard InChI is InChI=1S/C13H18ClNO4S/c1-8(2)10(13(16)17)7-15-20(18,19)12-5-4-9(3)6-11(12)14/h4-6,8,10,15H,7H2,1-3H3,(H,16,17). The van der Waals surface area contributed by atoms with Crippen molar-refractivity contribution in [1.29, 1.82) is 0 Å². The molecule has 112 valence electrons. The second-order valence-electron chi connectivity index (χ2n) is 4.97. The van der Waals surface area contributed by atoms with Gasteiger partial charge in [0.2, 0.25) is 10.0 Å². The fourth-order valence-electron chi connectivity index (χ4n) is 1.71. The Labute approximate surface area is 124 Å². The number of nitrogens with one attached hydrogen (secondary N) is 1. The maximum atomic E-state index is 12.1. The van der Waals surface area contributed by atoms with Crippen molar-refractivity contribution in [1.82, 2.24) is 4.72 Å². The first-order chi connectivity index (χ1) is 9.15. The van der Waals surface area contributed by atoms with E-state index in [0.717, 1.165) is 5.56 Å². The van der Waals surface area contributed by atoms with Gasteiger partial charge in [-0.1, -0.05) is 31.5 Å². The van der Waals surface area contributed by atoms with Crippen LogP contribution in [0.15, 0.2) is 23.1 Å². The quantitative estimate of drug-likeness (QED) is 0.842. The van der Waals surface area contributed by atoms with Gasteiger partial charge in [-0.25, -0.2) is 13.1 Å². The largest absolute Gasteiger partial charge is 0.481 e. The number of halogens is 1. The summed E-state index contributed by atoms with van der Waals surface area (Å²) in [6.45, 7) is 5.09. The Morgan fingerprint density at radius 3 is 2.45 bits per heavy atom. The average molecular weight is 320 g/mol. The molecule has 0 aliphatic carbocycles. The third-order valence-electron chi connectivity index (χ3n) is 2.99. The number of hydrogen-bond acceptors (Lipinski definition) is 3. The van der Waals surface area contributed by atoms with Crippen LogP contribution in [0.25, 0.3) is 0 Å². The van der Waals surface area contributed by atoms with E-state index in [1.165, 1.54) is 6.07 Å². The molecule has 2 N–H and O–H groups in total. The molecule has 0 bridgehead atoms. The molecule has 0 saturated heterocycles. The molecule has 1 atom stereocenters. The van der Waals surface area contributed by atoms with Gasteiger partial charge in [-0.3, -0.25) is 4.79 Å². The molecule has 7 heteroatoms. The maximum Gasteiger partial charge on any atom is 0.308 e. The van der Waals surface area contributed by atoms with Gasteiger partial charge >= 0.3 is 5.97 Å². The lowest BCUT2D eigenvalue weighted by Crippen LogP contribution is -2.35. The van der Waals surface area contributed by atoms with Crippen LogP contribution in [-0.4, -0.2) is 26.0 Å². The molecule has 1 rings (SSSR count). The van der Waals surface area contributed by atoms with E-state index in [2.05, 4.69) is 4.72 Å². The molecule has 5 nitrogen and oxygen atoms in total. The van der Waals surface area contributed by atoms with Crippen molar-refractivity contribution in [3.8, 4) is 0 Å². The molecule has 1 aromatic rings. The highest BCUT2D eigenvalue weighted by Crippen LogP contribution is 2.22. The monoisotopic (exact) mass is 319 g/mol. The maximum absolute atomic E-state index is 12.1. The fraction of sp³-hybridized carbons (Fsp3) is 0.462. The number of aryl methyl sites for hydroxylation is 1. The van der Waals surface area contributed by atoms with E-state index in [0.29, 0.717) is 0 Å². The highest BCUT2D eigenvalue weighted by atomic mass is 35.5. The molecule has 0 aromatic heterocycles. The summed E-state index contributed by atoms with van der Waals surface area (Å²) in [6, 6.07) is 4.59. The van der Waals surface area contributed by atoms with Crippen LogP contribution in [0, 0.1) is 18.8 Å². The van der Waals surface area contributed by atoms with Crippen molar-refractivity contribution in [3.05, 3.63) is 28.8 Å². The van der Waals surface area contributed by atoms with Crippen molar-refractivity contribution in [3.63, 3.8) is 0 Å². The fourth-order valence-corrected chi connectivity index (χ4v) is 3.37. The Morgan fingerprint density at radius 2 is 2.00 bits per heavy atom. The zero-order valence-corrected chi connectivity index (χ0v) is 13.1. The Hall–Kier alpha value is -1.11. The van der Waals surface area contributed by atoms with Crippen LogP contribution in [0.1, 0.15) is 19.4 Å². The molecule has 0 amide bonds. The van der Waals surface area contributed by atoms with Crippen molar-refractivity contribution in [2.45, 2.75) is 25.7 Å². The SMILES string of the molecule is Cc1ccc(S(=O)(=O)NCC(C(=O)O)C(C)C)c(Cl)c1. The number of carboxylic acid groups (broad SMARTS) is 1. The summed E-state index contributed by atoms with van der Waals surface area (Å²) >= 11 is 5.92. The van der Waals surface area contributed by atoms with E-state index in [1.807, 2.05) is 0 Å². The Kier molecular flexibility index (Phi) is 5.56. The molecule has 0 fully saturated rings. The van der Waals surface area contributed by atoms with Gasteiger partial charge in [-0.15, -0.1) is 0 Å². The predicted octanol–water partition coefficient (Wildman–Crippen LogP) is 2.28. The van der Waals surface area contributed by atoms with Crippen molar-refractivity contribution < 1.29 is 18.3 Å². The minimum absolute atomic E-state index is 0.0438. The van der Waals surface area contributed by atoms with E-state index < -0.39 is 21.9 Å². The molecule has 20 heavy (non-hydrogen) atoms. The molecule has 0 aliphatic heterocycles. The van der Waals surface area contributed by atoms with Gasteiger partial charge in [0.15, 0.2) is 0 Å². The van der Waals surface area contributed by atoms with Crippen molar-refractivity contribution >= 4 is 27.6 Å². The summed E-state index contributed by atoms with van der Waals surface area (Å²) in [5.74, 6) is -1.99. The minimum Gasteiger partial charge on any atom is -0.481 e. The second kappa shape index (κ2) is 6.56. The second-order valence-corrected chi connectivity index (χ2v) is 7.12. The van der Waals surface area contributed by atoms with Gasteiger partial charge < -0.3 is 5.11 Å². The van der Waals surface area contributed by atoms with Gasteiger partial charge in [0.05, 0.1) is 10.9 Å². The van der Waals surface area contributed by atoms with E-state index in [-0.39, 0.29) is 22.4 Å². The summed E-state index contributed by atoms with van der Waals surface area (Å²) < 4.78 is 26.6. The van der Waals surface area contributed by atoms with Gasteiger partial charge in [0.25, 0.3) is 0 Å². The third kappa shape index (κ3) is 4.19. The highest BCUT2D eigenvalue weighted by molar-refractivity contribution is 7.89. The predicted molar refractivity (Wildman–Crippen MR) is 77.3 cm³/mol. The molecule has 0 radical (unpaired) electrons. The number of hydrogen-bond donors (Lipinski definition) is 2. The minimum atomic E-state index is -3.82. The van der Waals surface area contributed by atoms with Crippen LogP contribution >= 0.6 is 11.6 Å². The van der Waals surface area contributed by atoms with Crippen LogP contribution in [0.3, 0.4) is 0 Å². The van der Waals surface area contributed by atoms with Crippen LogP contribution in [-0.2, 0) is 14.8 Å². The van der Waals surface area contributed by atoms with Gasteiger partial charge in [0, 0.05) is 6.54 Å². The van der Waals surface area contributed by atoms with Crippen LogP contribution in [0.2, 0.25) is 5.02 Å². The van der Waals surface area contributed by atoms with E-state index >= 15 is 0 Å². The Balaban J connectivity index is 2.93. The van der Waals surface area contributed by atoms with Gasteiger partial charge in [0.1, 0.15) is 4.90 Å². The number of sulfonamides is 1. The van der Waals surface area contributed by atoms with E-state index in [9.17, 15) is 13.2 Å². The Bertz CT molecular complexity index is 598. The molecule has 1 aromatic carbocycles. The van der Waals surface area contributed by atoms with Crippen molar-refractivity contribution in [2.24, 2.45) is 11.8 Å². The van der Waals surface area contributed by atoms with Crippen LogP contribution in [0.5, 0.6) is 0 Å². The average Bonchev–Trinajstić information content (AvgIpc) is 2.26. The van der Waals surface area contributed by atoms with E-state index in [4.69, 9.17) is 16.7 Å². The number of carbonyl (C=O) groups is 1. The highest BCUT2D eigenvalue weighted by Gasteiger charge is 2.25. The van der Waals surface area contributed by atoms with Crippen LogP contribution < -0.4 is 4.72 Å². The molecule has 0 spiro atoms. The number of benzene rings is 1. The zero-order chi connectivity index (χ0) is 15.5. The summed E-state index contributed by atoms with van der Waals surface area (Å²) in [5.41, 5.74) is 0.847. The van der Waals surface area contributed by atoms with Crippen LogP contribution in [0.4, 0.5) is 0 Å². The summed E-state index contributed by atoms with van der Waals surface area (Å²) in [5, 5.41) is 9.16. The first-order valence-electron chi connectivity index (χ1n) is 6.13. The first kappa shape index (κ1) is 16.9. The Morgan fingerprint density at radius 1 is 1.40 bits per heavy atom.